The van der Waals surface area contributed by atoms with Crippen molar-refractivity contribution in [2.24, 2.45) is 0 Å². The van der Waals surface area contributed by atoms with Gasteiger partial charge in [0.1, 0.15) is 5.75 Å². The molecule has 0 bridgehead atoms. The molecule has 0 saturated heterocycles. The van der Waals surface area contributed by atoms with Crippen LogP contribution in [0.1, 0.15) is 29.7 Å². The van der Waals surface area contributed by atoms with E-state index >= 15 is 0 Å². The third-order valence-electron chi connectivity index (χ3n) is 3.34. The number of carbonyl (C=O) groups excluding carboxylic acids is 1. The van der Waals surface area contributed by atoms with Gasteiger partial charge in [-0.2, -0.15) is 0 Å². The Morgan fingerprint density at radius 3 is 1.88 bits per heavy atom. The van der Waals surface area contributed by atoms with Crippen LogP contribution in [0.3, 0.4) is 0 Å². The molecule has 0 aromatic heterocycles. The zero-order valence-electron chi connectivity index (χ0n) is 13.2. The number of esters is 1. The van der Waals surface area contributed by atoms with Crippen LogP contribution in [-0.4, -0.2) is 22.5 Å². The number of carbonyl (C=O) groups is 1. The predicted molar refractivity (Wildman–Crippen MR) is 104 cm³/mol. The predicted octanol–water partition coefficient (Wildman–Crippen LogP) is 5.00. The van der Waals surface area contributed by atoms with E-state index in [4.69, 9.17) is 4.74 Å². The molecule has 0 heterocycles. The number of halogens is 2. The van der Waals surface area contributed by atoms with Crippen LogP contribution in [0, 0.1) is 0 Å². The summed E-state index contributed by atoms with van der Waals surface area (Å²) in [7, 11) is -1.41. The number of hydrogen-bond acceptors (Lipinski definition) is 3. The topological polar surface area (TPSA) is 43.4 Å². The van der Waals surface area contributed by atoms with Crippen molar-refractivity contribution in [3.8, 4) is 0 Å². The first kappa shape index (κ1) is 19.3. The summed E-state index contributed by atoms with van der Waals surface area (Å²) >= 11 is 6.82. The molecule has 0 spiro atoms. The van der Waals surface area contributed by atoms with Crippen LogP contribution in [0.5, 0.6) is 0 Å². The molecule has 1 atom stereocenters. The van der Waals surface area contributed by atoms with Crippen LogP contribution in [-0.2, 0) is 20.3 Å². The first-order valence-electron chi connectivity index (χ1n) is 7.55. The van der Waals surface area contributed by atoms with Crippen molar-refractivity contribution in [3.63, 3.8) is 0 Å². The fourth-order valence-electron chi connectivity index (χ4n) is 2.23. The van der Waals surface area contributed by atoms with Crippen LogP contribution in [0.4, 0.5) is 0 Å². The zero-order valence-corrected chi connectivity index (χ0v) is 17.2. The smallest absolute Gasteiger partial charge is 0.318 e. The molecule has 2 rings (SSSR count). The molecule has 24 heavy (non-hydrogen) atoms. The van der Waals surface area contributed by atoms with Crippen molar-refractivity contribution in [1.82, 2.24) is 0 Å². The van der Waals surface area contributed by atoms with Crippen LogP contribution in [0.2, 0.25) is 0 Å². The minimum absolute atomic E-state index is 0.114. The van der Waals surface area contributed by atoms with Gasteiger partial charge in [-0.25, -0.2) is 0 Å². The Hall–Kier alpha value is -0.980. The van der Waals surface area contributed by atoms with E-state index in [9.17, 15) is 9.00 Å². The molecule has 3 nitrogen and oxygen atoms in total. The Kier molecular flexibility index (Phi) is 7.65. The quantitative estimate of drug-likeness (QED) is 0.531. The first-order valence-corrected chi connectivity index (χ1v) is 10.5. The van der Waals surface area contributed by atoms with E-state index < -0.39 is 16.8 Å². The lowest BCUT2D eigenvalue weighted by Crippen LogP contribution is -2.20. The maximum absolute atomic E-state index is 12.9. The Balaban J connectivity index is 2.28. The lowest BCUT2D eigenvalue weighted by atomic mass is 10.0. The Morgan fingerprint density at radius 1 is 1.00 bits per heavy atom. The highest BCUT2D eigenvalue weighted by molar-refractivity contribution is 9.10. The number of rotatable bonds is 7. The summed E-state index contributed by atoms with van der Waals surface area (Å²) in [6.07, 6.45) is 0.751. The van der Waals surface area contributed by atoms with Gasteiger partial charge in [-0.15, -0.1) is 0 Å². The third-order valence-corrected chi connectivity index (χ3v) is 5.98. The number of benzene rings is 2. The van der Waals surface area contributed by atoms with Crippen molar-refractivity contribution in [3.05, 3.63) is 68.6 Å². The number of hydrogen-bond donors (Lipinski definition) is 0. The second-order valence-electron chi connectivity index (χ2n) is 5.23. The Labute approximate surface area is 161 Å². The van der Waals surface area contributed by atoms with E-state index in [1.165, 1.54) is 0 Å². The van der Waals surface area contributed by atoms with Gasteiger partial charge in [0.25, 0.3) is 0 Å². The van der Waals surface area contributed by atoms with E-state index in [0.717, 1.165) is 26.5 Å². The van der Waals surface area contributed by atoms with Crippen molar-refractivity contribution in [1.29, 1.82) is 0 Å². The Morgan fingerprint density at radius 2 is 1.46 bits per heavy atom. The molecule has 128 valence electrons. The second kappa shape index (κ2) is 9.49. The summed E-state index contributed by atoms with van der Waals surface area (Å²) in [6.45, 7) is 2.29. The van der Waals surface area contributed by atoms with E-state index in [1.807, 2.05) is 55.5 Å². The number of ether oxygens (including phenoxy) is 1. The van der Waals surface area contributed by atoms with Gasteiger partial charge < -0.3 is 4.74 Å². The van der Waals surface area contributed by atoms with Gasteiger partial charge in [-0.05, 0) is 41.8 Å². The molecule has 1 unspecified atom stereocenters. The SMILES string of the molecule is CCCOC(=O)CS(=O)C(c1ccc(Br)cc1)c1ccc(Br)cc1. The van der Waals surface area contributed by atoms with Gasteiger partial charge in [-0.1, -0.05) is 63.0 Å². The van der Waals surface area contributed by atoms with Crippen molar-refractivity contribution in [2.75, 3.05) is 12.4 Å². The minimum atomic E-state index is -1.41. The van der Waals surface area contributed by atoms with Gasteiger partial charge in [0.2, 0.25) is 0 Å². The van der Waals surface area contributed by atoms with E-state index in [1.54, 1.807) is 0 Å². The third kappa shape index (κ3) is 5.53. The maximum Gasteiger partial charge on any atom is 0.318 e. The normalized spacial score (nSPS) is 12.2. The monoisotopic (exact) mass is 472 g/mol. The van der Waals surface area contributed by atoms with Crippen molar-refractivity contribution < 1.29 is 13.7 Å². The van der Waals surface area contributed by atoms with Crippen LogP contribution < -0.4 is 0 Å². The molecule has 0 amide bonds. The summed E-state index contributed by atoms with van der Waals surface area (Å²) < 4.78 is 19.9. The van der Waals surface area contributed by atoms with Gasteiger partial charge in [-0.3, -0.25) is 9.00 Å². The zero-order chi connectivity index (χ0) is 17.5. The van der Waals surface area contributed by atoms with Crippen LogP contribution in [0.15, 0.2) is 57.5 Å². The second-order valence-corrected chi connectivity index (χ2v) is 8.58. The summed E-state index contributed by atoms with van der Waals surface area (Å²) in [6, 6.07) is 15.3. The molecule has 0 aliphatic carbocycles. The summed E-state index contributed by atoms with van der Waals surface area (Å²) in [5, 5.41) is -0.375. The molecule has 0 saturated carbocycles. The average Bonchev–Trinajstić information content (AvgIpc) is 2.56. The van der Waals surface area contributed by atoms with Gasteiger partial charge in [0.15, 0.2) is 0 Å². The molecular formula is C18H18Br2O3S. The fourth-order valence-corrected chi connectivity index (χ4v) is 4.16. The maximum atomic E-state index is 12.9. The lowest BCUT2D eigenvalue weighted by Gasteiger charge is -2.18. The van der Waals surface area contributed by atoms with E-state index in [-0.39, 0.29) is 11.0 Å². The molecule has 0 fully saturated rings. The highest BCUT2D eigenvalue weighted by atomic mass is 79.9. The van der Waals surface area contributed by atoms with Crippen molar-refractivity contribution in [2.45, 2.75) is 18.6 Å². The fraction of sp³-hybridized carbons (Fsp3) is 0.278. The molecule has 0 aliphatic heterocycles. The molecule has 6 heteroatoms. The molecular weight excluding hydrogens is 456 g/mol. The summed E-state index contributed by atoms with van der Waals surface area (Å²) in [5.74, 6) is -0.536. The van der Waals surface area contributed by atoms with Gasteiger partial charge in [0, 0.05) is 19.7 Å². The molecule has 0 radical (unpaired) electrons. The molecule has 2 aromatic carbocycles. The standard InChI is InChI=1S/C18H18Br2O3S/c1-2-11-23-17(21)12-24(22)18(13-3-7-15(19)8-4-13)14-5-9-16(20)10-6-14/h3-10,18H,2,11-12H2,1H3. The van der Waals surface area contributed by atoms with E-state index in [2.05, 4.69) is 31.9 Å². The largest absolute Gasteiger partial charge is 0.465 e. The molecule has 0 aliphatic rings. The molecule has 2 aromatic rings. The van der Waals surface area contributed by atoms with Gasteiger partial charge >= 0.3 is 5.97 Å². The average molecular weight is 474 g/mol. The minimum Gasteiger partial charge on any atom is -0.465 e. The summed E-state index contributed by atoms with van der Waals surface area (Å²) in [4.78, 5) is 11.9. The van der Waals surface area contributed by atoms with Gasteiger partial charge in [0.05, 0.1) is 11.9 Å². The summed E-state index contributed by atoms with van der Waals surface area (Å²) in [5.41, 5.74) is 1.81. The Bertz CT molecular complexity index is 654. The van der Waals surface area contributed by atoms with Crippen molar-refractivity contribution >= 4 is 48.6 Å². The molecule has 0 N–H and O–H groups in total. The highest BCUT2D eigenvalue weighted by Crippen LogP contribution is 2.30. The van der Waals surface area contributed by atoms with Crippen LogP contribution in [0.25, 0.3) is 0 Å². The highest BCUT2D eigenvalue weighted by Gasteiger charge is 2.24. The first-order chi connectivity index (χ1) is 11.5. The van der Waals surface area contributed by atoms with E-state index in [0.29, 0.717) is 6.61 Å². The van der Waals surface area contributed by atoms with Crippen LogP contribution >= 0.6 is 31.9 Å². The lowest BCUT2D eigenvalue weighted by molar-refractivity contribution is -0.140.